The van der Waals surface area contributed by atoms with Crippen LogP contribution in [0.5, 0.6) is 0 Å². The number of hydrogen-bond donors (Lipinski definition) is 1. The molecule has 0 heterocycles. The summed E-state index contributed by atoms with van der Waals surface area (Å²) in [5.41, 5.74) is 0. The van der Waals surface area contributed by atoms with Gasteiger partial charge in [0.1, 0.15) is 0 Å². The van der Waals surface area contributed by atoms with Crippen molar-refractivity contribution in [3.05, 3.63) is 0 Å². The van der Waals surface area contributed by atoms with Gasteiger partial charge in [0.2, 0.25) is 0 Å². The normalized spacial score (nSPS) is 14.1. The van der Waals surface area contributed by atoms with Gasteiger partial charge in [-0.05, 0) is 18.9 Å². The van der Waals surface area contributed by atoms with Crippen molar-refractivity contribution >= 4 is 0 Å². The van der Waals surface area contributed by atoms with Crippen molar-refractivity contribution in [1.29, 1.82) is 0 Å². The van der Waals surface area contributed by atoms with Crippen LogP contribution in [0.4, 0.5) is 8.78 Å². The van der Waals surface area contributed by atoms with E-state index >= 15 is 0 Å². The van der Waals surface area contributed by atoms with Crippen molar-refractivity contribution in [1.82, 2.24) is 5.32 Å². The molecular weight excluding hydrogens is 172 g/mol. The van der Waals surface area contributed by atoms with E-state index in [9.17, 15) is 8.78 Å². The lowest BCUT2D eigenvalue weighted by atomic mass is 10.0. The van der Waals surface area contributed by atoms with Crippen LogP contribution in [0.15, 0.2) is 0 Å². The number of halogens is 2. The van der Waals surface area contributed by atoms with E-state index in [-0.39, 0.29) is 0 Å². The fourth-order valence-corrected chi connectivity index (χ4v) is 1.33. The maximum absolute atomic E-state index is 12.3. The molecule has 1 atom stereocenters. The summed E-state index contributed by atoms with van der Waals surface area (Å²) in [5, 5.41) is 2.81. The fraction of sp³-hybridized carbons (Fsp3) is 1.00. The molecule has 0 saturated carbocycles. The maximum Gasteiger partial charge on any atom is 0.253 e. The highest BCUT2D eigenvalue weighted by Crippen LogP contribution is 2.12. The Morgan fingerprint density at radius 1 is 1.15 bits per heavy atom. The minimum atomic E-state index is -2.23. The zero-order chi connectivity index (χ0) is 10.3. The molecule has 0 aromatic carbocycles. The van der Waals surface area contributed by atoms with Crippen LogP contribution in [-0.2, 0) is 0 Å². The van der Waals surface area contributed by atoms with Gasteiger partial charge in [0.25, 0.3) is 6.43 Å². The van der Waals surface area contributed by atoms with Gasteiger partial charge in [0.05, 0.1) is 6.04 Å². The van der Waals surface area contributed by atoms with E-state index in [0.29, 0.717) is 18.9 Å². The minimum Gasteiger partial charge on any atom is -0.309 e. The van der Waals surface area contributed by atoms with Gasteiger partial charge in [0, 0.05) is 0 Å². The van der Waals surface area contributed by atoms with E-state index in [4.69, 9.17) is 0 Å². The van der Waals surface area contributed by atoms with Crippen LogP contribution in [0.25, 0.3) is 0 Å². The molecule has 0 bridgehead atoms. The van der Waals surface area contributed by atoms with Gasteiger partial charge >= 0.3 is 0 Å². The highest BCUT2D eigenvalue weighted by atomic mass is 19.3. The molecule has 1 N–H and O–H groups in total. The summed E-state index contributed by atoms with van der Waals surface area (Å²) in [5.74, 6) is 0.611. The predicted molar refractivity (Wildman–Crippen MR) is 52.2 cm³/mol. The summed E-state index contributed by atoms with van der Waals surface area (Å²) < 4.78 is 24.7. The van der Waals surface area contributed by atoms with Crippen LogP contribution in [0.2, 0.25) is 0 Å². The Kier molecular flexibility index (Phi) is 7.14. The monoisotopic (exact) mass is 193 g/mol. The molecule has 0 aliphatic heterocycles. The summed E-state index contributed by atoms with van der Waals surface area (Å²) >= 11 is 0. The average molecular weight is 193 g/mol. The van der Waals surface area contributed by atoms with E-state index in [0.717, 1.165) is 12.8 Å². The first kappa shape index (κ1) is 12.8. The first-order valence-electron chi connectivity index (χ1n) is 5.09. The molecule has 0 spiro atoms. The highest BCUT2D eigenvalue weighted by Gasteiger charge is 2.18. The van der Waals surface area contributed by atoms with E-state index in [2.05, 4.69) is 19.2 Å². The summed E-state index contributed by atoms with van der Waals surface area (Å²) in [6, 6.07) is -0.608. The quantitative estimate of drug-likeness (QED) is 0.655. The number of rotatable bonds is 7. The Balaban J connectivity index is 3.57. The SMILES string of the molecule is CCNC(CCCC(C)C)C(F)F. The molecule has 80 valence electrons. The molecule has 1 nitrogen and oxygen atoms in total. The van der Waals surface area contributed by atoms with Crippen LogP contribution in [0.1, 0.15) is 40.0 Å². The summed E-state index contributed by atoms with van der Waals surface area (Å²) in [6.45, 7) is 6.71. The van der Waals surface area contributed by atoms with Gasteiger partial charge in [-0.3, -0.25) is 0 Å². The first-order chi connectivity index (χ1) is 6.07. The van der Waals surface area contributed by atoms with Gasteiger partial charge in [-0.1, -0.05) is 33.6 Å². The topological polar surface area (TPSA) is 12.0 Å². The molecular formula is C10H21F2N. The van der Waals surface area contributed by atoms with Crippen molar-refractivity contribution in [3.63, 3.8) is 0 Å². The van der Waals surface area contributed by atoms with Crippen LogP contribution in [0.3, 0.4) is 0 Å². The fourth-order valence-electron chi connectivity index (χ4n) is 1.33. The Bertz CT molecular complexity index is 115. The lowest BCUT2D eigenvalue weighted by Crippen LogP contribution is -2.35. The first-order valence-corrected chi connectivity index (χ1v) is 5.09. The van der Waals surface area contributed by atoms with E-state index in [1.54, 1.807) is 0 Å². The third-order valence-electron chi connectivity index (χ3n) is 2.07. The standard InChI is InChI=1S/C10H21F2N/c1-4-13-9(10(11)12)7-5-6-8(2)3/h8-10,13H,4-7H2,1-3H3. The predicted octanol–water partition coefficient (Wildman–Crippen LogP) is 3.06. The van der Waals surface area contributed by atoms with Crippen LogP contribution in [0, 0.1) is 5.92 Å². The zero-order valence-electron chi connectivity index (χ0n) is 8.82. The lowest BCUT2D eigenvalue weighted by molar-refractivity contribution is 0.0932. The smallest absolute Gasteiger partial charge is 0.253 e. The van der Waals surface area contributed by atoms with Crippen LogP contribution < -0.4 is 5.32 Å². The molecule has 0 aliphatic carbocycles. The van der Waals surface area contributed by atoms with E-state index < -0.39 is 12.5 Å². The van der Waals surface area contributed by atoms with Crippen molar-refractivity contribution in [2.75, 3.05) is 6.54 Å². The summed E-state index contributed by atoms with van der Waals surface area (Å²) in [6.07, 6.45) is 0.282. The molecule has 0 aromatic rings. The number of alkyl halides is 2. The largest absolute Gasteiger partial charge is 0.309 e. The second-order valence-corrected chi connectivity index (χ2v) is 3.82. The summed E-state index contributed by atoms with van der Waals surface area (Å²) in [4.78, 5) is 0. The van der Waals surface area contributed by atoms with Gasteiger partial charge in [0.15, 0.2) is 0 Å². The Labute approximate surface area is 79.9 Å². The van der Waals surface area contributed by atoms with Crippen LogP contribution >= 0.6 is 0 Å². The van der Waals surface area contributed by atoms with E-state index in [1.165, 1.54) is 0 Å². The molecule has 3 heteroatoms. The zero-order valence-corrected chi connectivity index (χ0v) is 8.82. The molecule has 0 rings (SSSR count). The number of hydrogen-bond acceptors (Lipinski definition) is 1. The highest BCUT2D eigenvalue weighted by molar-refractivity contribution is 4.68. The van der Waals surface area contributed by atoms with Crippen molar-refractivity contribution in [2.24, 2.45) is 5.92 Å². The molecule has 0 aromatic heterocycles. The minimum absolute atomic E-state index is 0.587. The third kappa shape index (κ3) is 6.94. The molecule has 0 amide bonds. The average Bonchev–Trinajstić information content (AvgIpc) is 2.02. The lowest BCUT2D eigenvalue weighted by Gasteiger charge is -2.16. The molecule has 13 heavy (non-hydrogen) atoms. The molecule has 0 saturated heterocycles. The van der Waals surface area contributed by atoms with Gasteiger partial charge in [-0.15, -0.1) is 0 Å². The van der Waals surface area contributed by atoms with E-state index in [1.807, 2.05) is 6.92 Å². The molecule has 0 radical (unpaired) electrons. The second-order valence-electron chi connectivity index (χ2n) is 3.82. The maximum atomic E-state index is 12.3. The third-order valence-corrected chi connectivity index (χ3v) is 2.07. The van der Waals surface area contributed by atoms with Crippen LogP contribution in [-0.4, -0.2) is 19.0 Å². The molecule has 0 fully saturated rings. The van der Waals surface area contributed by atoms with Gasteiger partial charge < -0.3 is 5.32 Å². The Morgan fingerprint density at radius 3 is 2.15 bits per heavy atom. The molecule has 1 unspecified atom stereocenters. The van der Waals surface area contributed by atoms with Gasteiger partial charge in [-0.2, -0.15) is 0 Å². The Hall–Kier alpha value is -0.180. The number of nitrogens with one attached hydrogen (secondary N) is 1. The summed E-state index contributed by atoms with van der Waals surface area (Å²) in [7, 11) is 0. The van der Waals surface area contributed by atoms with Crippen molar-refractivity contribution in [2.45, 2.75) is 52.5 Å². The second kappa shape index (κ2) is 7.25. The van der Waals surface area contributed by atoms with Crippen molar-refractivity contribution < 1.29 is 8.78 Å². The molecule has 0 aliphatic rings. The Morgan fingerprint density at radius 2 is 1.77 bits per heavy atom. The van der Waals surface area contributed by atoms with Crippen molar-refractivity contribution in [3.8, 4) is 0 Å². The van der Waals surface area contributed by atoms with Gasteiger partial charge in [-0.25, -0.2) is 8.78 Å².